The first kappa shape index (κ1) is 24.0. The lowest BCUT2D eigenvalue weighted by Gasteiger charge is -2.40. The van der Waals surface area contributed by atoms with E-state index in [-0.39, 0.29) is 5.92 Å². The van der Waals surface area contributed by atoms with Crippen LogP contribution in [0.15, 0.2) is 126 Å². The topological polar surface area (TPSA) is 41.4 Å². The number of para-hydroxylation sites is 1. The molecule has 0 fully saturated rings. The molecule has 2 aliphatic carbocycles. The van der Waals surface area contributed by atoms with Gasteiger partial charge in [-0.15, -0.1) is 0 Å². The van der Waals surface area contributed by atoms with Crippen molar-refractivity contribution in [3.63, 3.8) is 0 Å². The van der Waals surface area contributed by atoms with Crippen LogP contribution in [0.2, 0.25) is 0 Å². The first-order valence-electron chi connectivity index (χ1n) is 14.6. The number of hydrogen-bond donors (Lipinski definition) is 0. The number of anilines is 2. The van der Waals surface area contributed by atoms with Gasteiger partial charge in [0.2, 0.25) is 0 Å². The molecule has 8 rings (SSSR count). The Morgan fingerprint density at radius 1 is 0.756 bits per heavy atom. The third-order valence-corrected chi connectivity index (χ3v) is 8.49. The van der Waals surface area contributed by atoms with E-state index in [1.807, 2.05) is 6.07 Å². The third kappa shape index (κ3) is 4.18. The summed E-state index contributed by atoms with van der Waals surface area (Å²) < 4.78 is 0. The summed E-state index contributed by atoms with van der Waals surface area (Å²) in [5, 5.41) is 0. The molecule has 3 aromatic carbocycles. The van der Waals surface area contributed by atoms with Crippen LogP contribution in [0.4, 0.5) is 17.1 Å². The average molecular weight is 531 g/mol. The van der Waals surface area contributed by atoms with Crippen LogP contribution in [-0.4, -0.2) is 15.7 Å². The molecular formula is C37H30N4. The molecule has 0 bridgehead atoms. The zero-order chi connectivity index (χ0) is 27.2. The molecule has 1 atom stereocenters. The van der Waals surface area contributed by atoms with Gasteiger partial charge in [0.05, 0.1) is 28.5 Å². The molecule has 1 aromatic heterocycles. The van der Waals surface area contributed by atoms with E-state index >= 15 is 0 Å². The molecule has 4 nitrogen and oxygen atoms in total. The van der Waals surface area contributed by atoms with E-state index < -0.39 is 0 Å². The summed E-state index contributed by atoms with van der Waals surface area (Å²) in [6.45, 7) is 0. The first-order chi connectivity index (χ1) is 20.3. The maximum atomic E-state index is 5.28. The van der Waals surface area contributed by atoms with Crippen LogP contribution in [0, 0.1) is 0 Å². The van der Waals surface area contributed by atoms with Crippen LogP contribution in [-0.2, 0) is 0 Å². The van der Waals surface area contributed by atoms with Crippen LogP contribution in [0.3, 0.4) is 0 Å². The minimum Gasteiger partial charge on any atom is -0.310 e. The maximum Gasteiger partial charge on any atom is 0.175 e. The number of hydrogen-bond acceptors (Lipinski definition) is 4. The van der Waals surface area contributed by atoms with Gasteiger partial charge in [-0.1, -0.05) is 85.0 Å². The van der Waals surface area contributed by atoms with Gasteiger partial charge in [-0.05, 0) is 67.2 Å². The number of rotatable bonds is 4. The van der Waals surface area contributed by atoms with Crippen LogP contribution in [0.1, 0.15) is 60.7 Å². The predicted molar refractivity (Wildman–Crippen MR) is 168 cm³/mol. The average Bonchev–Trinajstić information content (AvgIpc) is 3.06. The predicted octanol–water partition coefficient (Wildman–Crippen LogP) is 9.22. The van der Waals surface area contributed by atoms with Crippen LogP contribution >= 0.6 is 0 Å². The highest BCUT2D eigenvalue weighted by molar-refractivity contribution is 6.04. The van der Waals surface area contributed by atoms with Crippen molar-refractivity contribution in [1.82, 2.24) is 9.97 Å². The zero-order valence-corrected chi connectivity index (χ0v) is 22.9. The minimum absolute atomic E-state index is 0.193. The highest BCUT2D eigenvalue weighted by Gasteiger charge is 2.37. The second-order valence-corrected chi connectivity index (χ2v) is 11.0. The summed E-state index contributed by atoms with van der Waals surface area (Å²) in [7, 11) is 0. The summed E-state index contributed by atoms with van der Waals surface area (Å²) >= 11 is 0. The van der Waals surface area contributed by atoms with Gasteiger partial charge in [0, 0.05) is 34.9 Å². The standard InChI is InChI=1S/C37H30N4/c1-4-13-25(14-5-1)31-24-32(26-15-6-2-7-16-26)40-37(39-31)33-23-29-28-19-10-11-21-34(28)41(27-17-8-3-9-18-27)35-22-12-20-30(38-33)36(29)35/h1-2,4-6,8,10-15,17-22,24,29H,3,7,9,16,23H2. The number of aromatic nitrogens is 2. The van der Waals surface area contributed by atoms with Crippen molar-refractivity contribution in [3.05, 3.63) is 144 Å². The van der Waals surface area contributed by atoms with E-state index in [1.54, 1.807) is 0 Å². The van der Waals surface area contributed by atoms with Gasteiger partial charge in [-0.3, -0.25) is 0 Å². The van der Waals surface area contributed by atoms with Crippen molar-refractivity contribution in [2.45, 2.75) is 38.0 Å². The Morgan fingerprint density at radius 3 is 2.46 bits per heavy atom. The second kappa shape index (κ2) is 9.97. The number of aliphatic imine (C=N–C) groups is 1. The monoisotopic (exact) mass is 530 g/mol. The lowest BCUT2D eigenvalue weighted by Crippen LogP contribution is -2.28. The van der Waals surface area contributed by atoms with E-state index in [1.165, 1.54) is 33.8 Å². The molecule has 4 aliphatic rings. The van der Waals surface area contributed by atoms with Gasteiger partial charge < -0.3 is 4.90 Å². The summed E-state index contributed by atoms with van der Waals surface area (Å²) in [4.78, 5) is 18.0. The number of benzene rings is 3. The Balaban J connectivity index is 1.30. The summed E-state index contributed by atoms with van der Waals surface area (Å²) in [5.74, 6) is 0.921. The molecule has 0 radical (unpaired) electrons. The molecule has 0 N–H and O–H groups in total. The molecule has 0 spiro atoms. The van der Waals surface area contributed by atoms with E-state index in [0.29, 0.717) is 0 Å². The highest BCUT2D eigenvalue weighted by atomic mass is 15.2. The highest BCUT2D eigenvalue weighted by Crippen LogP contribution is 2.54. The summed E-state index contributed by atoms with van der Waals surface area (Å²) in [6, 6.07) is 27.9. The fourth-order valence-corrected chi connectivity index (χ4v) is 6.56. The normalized spacial score (nSPS) is 18.7. The molecule has 198 valence electrons. The van der Waals surface area contributed by atoms with Crippen molar-refractivity contribution >= 4 is 28.3 Å². The Morgan fingerprint density at radius 2 is 1.61 bits per heavy atom. The van der Waals surface area contributed by atoms with E-state index in [9.17, 15) is 0 Å². The molecule has 3 heterocycles. The first-order valence-corrected chi connectivity index (χ1v) is 14.6. The SMILES string of the molecule is C1=CCCC(c2cc(-c3ccccc3)nc(C3=Nc4cccc5c4C(C3)c3ccccc3N5C3=CCCC=C3)n2)=C1. The molecule has 4 heteroatoms. The fraction of sp³-hybridized carbons (Fsp3) is 0.162. The molecular weight excluding hydrogens is 500 g/mol. The molecule has 1 unspecified atom stereocenters. The Bertz CT molecular complexity index is 1820. The number of fused-ring (bicyclic) bond motifs is 2. The van der Waals surface area contributed by atoms with Crippen LogP contribution < -0.4 is 4.90 Å². The van der Waals surface area contributed by atoms with Gasteiger partial charge in [0.25, 0.3) is 0 Å². The molecule has 0 amide bonds. The Hall–Kier alpha value is -4.83. The van der Waals surface area contributed by atoms with Crippen molar-refractivity contribution in [1.29, 1.82) is 0 Å². The van der Waals surface area contributed by atoms with Gasteiger partial charge in [-0.2, -0.15) is 0 Å². The lowest BCUT2D eigenvalue weighted by molar-refractivity contribution is 0.809. The largest absolute Gasteiger partial charge is 0.310 e. The number of nitrogens with zero attached hydrogens (tertiary/aromatic N) is 4. The van der Waals surface area contributed by atoms with Crippen molar-refractivity contribution < 1.29 is 0 Å². The summed E-state index contributed by atoms with van der Waals surface area (Å²) in [6.07, 6.45) is 18.4. The molecule has 0 saturated carbocycles. The third-order valence-electron chi connectivity index (χ3n) is 8.49. The minimum atomic E-state index is 0.193. The Labute approximate surface area is 240 Å². The quantitative estimate of drug-likeness (QED) is 0.264. The van der Waals surface area contributed by atoms with E-state index in [2.05, 4.69) is 114 Å². The zero-order valence-electron chi connectivity index (χ0n) is 22.9. The van der Waals surface area contributed by atoms with Crippen molar-refractivity contribution in [3.8, 4) is 11.3 Å². The van der Waals surface area contributed by atoms with Gasteiger partial charge in [-0.25, -0.2) is 15.0 Å². The van der Waals surface area contributed by atoms with Gasteiger partial charge in [0.15, 0.2) is 5.82 Å². The van der Waals surface area contributed by atoms with Crippen LogP contribution in [0.5, 0.6) is 0 Å². The van der Waals surface area contributed by atoms with E-state index in [4.69, 9.17) is 15.0 Å². The number of allylic oxidation sites excluding steroid dienone is 7. The fourth-order valence-electron chi connectivity index (χ4n) is 6.56. The van der Waals surface area contributed by atoms with Gasteiger partial charge >= 0.3 is 0 Å². The smallest absolute Gasteiger partial charge is 0.175 e. The van der Waals surface area contributed by atoms with Crippen molar-refractivity contribution in [2.75, 3.05) is 4.90 Å². The maximum absolute atomic E-state index is 5.28. The van der Waals surface area contributed by atoms with E-state index in [0.717, 1.165) is 66.3 Å². The molecule has 41 heavy (non-hydrogen) atoms. The lowest BCUT2D eigenvalue weighted by atomic mass is 9.78. The molecule has 4 aromatic rings. The second-order valence-electron chi connectivity index (χ2n) is 11.0. The van der Waals surface area contributed by atoms with Crippen LogP contribution in [0.25, 0.3) is 16.8 Å². The molecule has 2 aliphatic heterocycles. The van der Waals surface area contributed by atoms with Gasteiger partial charge in [0.1, 0.15) is 0 Å². The Kier molecular flexibility index (Phi) is 5.84. The summed E-state index contributed by atoms with van der Waals surface area (Å²) in [5.41, 5.74) is 12.6. The molecule has 0 saturated heterocycles. The van der Waals surface area contributed by atoms with Crippen molar-refractivity contribution in [2.24, 2.45) is 4.99 Å².